The van der Waals surface area contributed by atoms with Gasteiger partial charge < -0.3 is 10.2 Å². The minimum absolute atomic E-state index is 0.0787. The summed E-state index contributed by atoms with van der Waals surface area (Å²) in [7, 11) is 1.34. The van der Waals surface area contributed by atoms with Crippen LogP contribution < -0.4 is 0 Å². The summed E-state index contributed by atoms with van der Waals surface area (Å²) in [5.41, 5.74) is 1.84. The van der Waals surface area contributed by atoms with Gasteiger partial charge in [0.2, 0.25) is 11.8 Å². The maximum atomic E-state index is 14.0. The fourth-order valence-electron chi connectivity index (χ4n) is 7.78. The lowest BCUT2D eigenvalue weighted by Gasteiger charge is -2.50. The van der Waals surface area contributed by atoms with Crippen LogP contribution in [0.3, 0.4) is 0 Å². The normalized spacial score (nSPS) is 31.7. The van der Waals surface area contributed by atoms with Gasteiger partial charge in [-0.25, -0.2) is 0 Å². The van der Waals surface area contributed by atoms with E-state index in [9.17, 15) is 29.4 Å². The number of fused-ring (bicyclic) bond motifs is 5. The van der Waals surface area contributed by atoms with Crippen LogP contribution in [0.2, 0.25) is 0 Å². The number of allylic oxidation sites excluding steroid dienone is 2. The number of carbonyl (C=O) groups is 4. The maximum Gasteiger partial charge on any atom is 0.253 e. The number of phenols is 2. The van der Waals surface area contributed by atoms with E-state index in [0.29, 0.717) is 22.9 Å². The molecule has 10 heteroatoms. The number of rotatable bonds is 4. The van der Waals surface area contributed by atoms with Crippen LogP contribution in [0.15, 0.2) is 72.3 Å². The van der Waals surface area contributed by atoms with Crippen molar-refractivity contribution in [1.29, 1.82) is 0 Å². The second-order valence-electron chi connectivity index (χ2n) is 12.0. The summed E-state index contributed by atoms with van der Waals surface area (Å²) >= 11 is 14.5. The zero-order chi connectivity index (χ0) is 30.4. The Morgan fingerprint density at radius 2 is 1.60 bits per heavy atom. The molecule has 2 saturated heterocycles. The molecule has 2 aliphatic heterocycles. The van der Waals surface area contributed by atoms with Crippen LogP contribution >= 0.6 is 23.2 Å². The van der Waals surface area contributed by atoms with Gasteiger partial charge in [0.15, 0.2) is 9.75 Å². The highest BCUT2D eigenvalue weighted by molar-refractivity contribution is 6.53. The van der Waals surface area contributed by atoms with Gasteiger partial charge in [-0.3, -0.25) is 29.0 Å². The molecule has 43 heavy (non-hydrogen) atoms. The highest BCUT2D eigenvalue weighted by Gasteiger charge is 2.76. The number of halogens is 2. The van der Waals surface area contributed by atoms with Gasteiger partial charge in [0, 0.05) is 30.5 Å². The third kappa shape index (κ3) is 3.69. The first-order valence-electron chi connectivity index (χ1n) is 14.2. The van der Waals surface area contributed by atoms with Crippen molar-refractivity contribution in [3.8, 4) is 11.5 Å². The number of likely N-dealkylation sites (tertiary alicyclic amines) is 2. The van der Waals surface area contributed by atoms with E-state index in [1.54, 1.807) is 42.5 Å². The van der Waals surface area contributed by atoms with Crippen molar-refractivity contribution in [2.24, 2.45) is 17.8 Å². The molecule has 220 valence electrons. The largest absolute Gasteiger partial charge is 0.508 e. The predicted molar refractivity (Wildman–Crippen MR) is 160 cm³/mol. The van der Waals surface area contributed by atoms with Crippen molar-refractivity contribution >= 4 is 57.6 Å². The van der Waals surface area contributed by atoms with E-state index in [4.69, 9.17) is 23.2 Å². The monoisotopic (exact) mass is 618 g/mol. The third-order valence-corrected chi connectivity index (χ3v) is 11.3. The molecule has 2 aliphatic carbocycles. The quantitative estimate of drug-likeness (QED) is 0.253. The smallest absolute Gasteiger partial charge is 0.253 e. The van der Waals surface area contributed by atoms with Crippen molar-refractivity contribution in [3.63, 3.8) is 0 Å². The molecule has 0 aromatic heterocycles. The molecule has 3 aromatic carbocycles. The molecule has 0 spiro atoms. The van der Waals surface area contributed by atoms with Crippen LogP contribution in [-0.4, -0.2) is 67.0 Å². The first-order valence-corrected chi connectivity index (χ1v) is 15.0. The Labute approximate surface area is 257 Å². The zero-order valence-electron chi connectivity index (χ0n) is 23.2. The summed E-state index contributed by atoms with van der Waals surface area (Å²) in [4.78, 5) is 53.4. The molecule has 7 rings (SSSR count). The van der Waals surface area contributed by atoms with E-state index < -0.39 is 45.2 Å². The molecular formula is C33H28Cl2N2O6. The van der Waals surface area contributed by atoms with E-state index in [1.807, 2.05) is 24.3 Å². The van der Waals surface area contributed by atoms with Gasteiger partial charge >= 0.3 is 0 Å². The number of nitrogens with zero attached hydrogens (tertiary/aromatic N) is 2. The van der Waals surface area contributed by atoms with Gasteiger partial charge in [-0.2, -0.15) is 0 Å². The molecule has 2 N–H and O–H groups in total. The van der Waals surface area contributed by atoms with E-state index in [0.717, 1.165) is 15.8 Å². The van der Waals surface area contributed by atoms with Gasteiger partial charge in [-0.15, -0.1) is 23.2 Å². The van der Waals surface area contributed by atoms with E-state index >= 15 is 0 Å². The predicted octanol–water partition coefficient (Wildman–Crippen LogP) is 4.48. The summed E-state index contributed by atoms with van der Waals surface area (Å²) in [6, 6.07) is 17.3. The number of benzene rings is 3. The number of phenolic OH excluding ortho intramolecular Hbond substituents is 2. The number of carbonyl (C=O) groups excluding carboxylic acids is 4. The highest BCUT2D eigenvalue weighted by Crippen LogP contribution is 2.66. The molecule has 4 amide bonds. The van der Waals surface area contributed by atoms with Gasteiger partial charge in [-0.05, 0) is 48.3 Å². The van der Waals surface area contributed by atoms with Crippen LogP contribution in [0, 0.1) is 17.8 Å². The summed E-state index contributed by atoms with van der Waals surface area (Å²) in [5, 5.41) is 22.5. The minimum Gasteiger partial charge on any atom is -0.508 e. The van der Waals surface area contributed by atoms with Crippen molar-refractivity contribution in [2.45, 2.75) is 34.9 Å². The standard InChI is InChI=1S/C33H28Cl2N2O6/c1-36-30(42)32(34)16-24-21(26(33(32,35)31(36)43)23-11-8-18-4-2-3-5-20(18)27(23)39)12-13-22-25(24)29(41)37(28(22)40)15-14-17-6-9-19(38)10-7-17/h2-12,22,24-26,38-39H,13-16H2,1H3. The van der Waals surface area contributed by atoms with Crippen LogP contribution in [0.4, 0.5) is 0 Å². The third-order valence-electron chi connectivity index (χ3n) is 9.91. The molecule has 3 fully saturated rings. The number of amides is 4. The average Bonchev–Trinajstić information content (AvgIpc) is 3.32. The Bertz CT molecular complexity index is 1770. The second-order valence-corrected chi connectivity index (χ2v) is 13.2. The molecule has 6 atom stereocenters. The molecule has 8 nitrogen and oxygen atoms in total. The minimum atomic E-state index is -1.96. The molecule has 2 heterocycles. The fraction of sp³-hybridized carbons (Fsp3) is 0.333. The summed E-state index contributed by atoms with van der Waals surface area (Å²) in [6.07, 6.45) is 2.42. The summed E-state index contributed by atoms with van der Waals surface area (Å²) in [5.74, 6) is -5.03. The van der Waals surface area contributed by atoms with Crippen LogP contribution in [0.5, 0.6) is 11.5 Å². The molecular weight excluding hydrogens is 591 g/mol. The molecule has 0 bridgehead atoms. The lowest BCUT2D eigenvalue weighted by molar-refractivity contribution is -0.141. The molecule has 4 aliphatic rings. The fourth-order valence-corrected chi connectivity index (χ4v) is 8.79. The Hall–Kier alpha value is -3.88. The second kappa shape index (κ2) is 9.56. The van der Waals surface area contributed by atoms with Crippen molar-refractivity contribution in [3.05, 3.63) is 83.4 Å². The number of hydrogen-bond acceptors (Lipinski definition) is 6. The molecule has 3 aromatic rings. The van der Waals surface area contributed by atoms with Gasteiger partial charge in [0.1, 0.15) is 11.5 Å². The first kappa shape index (κ1) is 27.9. The van der Waals surface area contributed by atoms with E-state index in [-0.39, 0.29) is 42.7 Å². The topological polar surface area (TPSA) is 115 Å². The van der Waals surface area contributed by atoms with Crippen LogP contribution in [-0.2, 0) is 25.6 Å². The van der Waals surface area contributed by atoms with Crippen molar-refractivity contribution < 1.29 is 29.4 Å². The highest BCUT2D eigenvalue weighted by atomic mass is 35.5. The Morgan fingerprint density at radius 1 is 0.884 bits per heavy atom. The van der Waals surface area contributed by atoms with Crippen molar-refractivity contribution in [1.82, 2.24) is 9.80 Å². The number of alkyl halides is 2. The lowest BCUT2D eigenvalue weighted by Crippen LogP contribution is -2.60. The summed E-state index contributed by atoms with van der Waals surface area (Å²) < 4.78 is 0. The average molecular weight is 620 g/mol. The van der Waals surface area contributed by atoms with E-state index in [2.05, 4.69) is 0 Å². The molecule has 0 radical (unpaired) electrons. The summed E-state index contributed by atoms with van der Waals surface area (Å²) in [6.45, 7) is 0.165. The SMILES string of the molecule is CN1C(=O)C2(Cl)CC3C(=CCC4C(=O)N(CCc5ccc(O)cc5)C(=O)C43)C(c3ccc4ccccc4c3O)C2(Cl)C1=O. The van der Waals surface area contributed by atoms with Crippen molar-refractivity contribution in [2.75, 3.05) is 13.6 Å². The Kier molecular flexibility index (Phi) is 6.21. The van der Waals surface area contributed by atoms with Crippen LogP contribution in [0.25, 0.3) is 10.8 Å². The zero-order valence-corrected chi connectivity index (χ0v) is 24.7. The van der Waals surface area contributed by atoms with Gasteiger partial charge in [0.05, 0.1) is 11.8 Å². The van der Waals surface area contributed by atoms with Gasteiger partial charge in [0.25, 0.3) is 11.8 Å². The number of imide groups is 2. The number of aromatic hydroxyl groups is 2. The molecule has 6 unspecified atom stereocenters. The first-order chi connectivity index (χ1) is 20.5. The van der Waals surface area contributed by atoms with Gasteiger partial charge in [-0.1, -0.05) is 60.2 Å². The maximum absolute atomic E-state index is 14.0. The van der Waals surface area contributed by atoms with E-state index in [1.165, 1.54) is 11.9 Å². The number of hydrogen-bond donors (Lipinski definition) is 2. The van der Waals surface area contributed by atoms with Crippen LogP contribution in [0.1, 0.15) is 29.9 Å². The lowest BCUT2D eigenvalue weighted by atomic mass is 9.56. The Morgan fingerprint density at radius 3 is 2.35 bits per heavy atom. The molecule has 1 saturated carbocycles. The Balaban J connectivity index is 1.32.